The van der Waals surface area contributed by atoms with Crippen molar-refractivity contribution < 1.29 is 0 Å². The fourth-order valence-electron chi connectivity index (χ4n) is 0.538. The van der Waals surface area contributed by atoms with Crippen molar-refractivity contribution in [2.24, 2.45) is 0 Å². The standard InChI is InChI=1S/C9H15N/c1-3-4-5-6-7-8-9(2)10/h4-7,10H,3,8H2,1-2H3/b5-4-,7-6-,10-9?. The van der Waals surface area contributed by atoms with Crippen LogP contribution in [0.2, 0.25) is 0 Å². The molecule has 0 unspecified atom stereocenters. The topological polar surface area (TPSA) is 23.9 Å². The van der Waals surface area contributed by atoms with E-state index in [0.717, 1.165) is 12.8 Å². The van der Waals surface area contributed by atoms with Gasteiger partial charge < -0.3 is 5.41 Å². The van der Waals surface area contributed by atoms with Crippen molar-refractivity contribution in [3.05, 3.63) is 24.3 Å². The van der Waals surface area contributed by atoms with Crippen LogP contribution < -0.4 is 0 Å². The van der Waals surface area contributed by atoms with Gasteiger partial charge in [0.15, 0.2) is 0 Å². The lowest BCUT2D eigenvalue weighted by molar-refractivity contribution is 1.22. The minimum Gasteiger partial charge on any atom is -0.310 e. The van der Waals surface area contributed by atoms with Crippen LogP contribution in [0, 0.1) is 5.41 Å². The fraction of sp³-hybridized carbons (Fsp3) is 0.444. The Hall–Kier alpha value is -0.850. The molecule has 10 heavy (non-hydrogen) atoms. The van der Waals surface area contributed by atoms with Gasteiger partial charge >= 0.3 is 0 Å². The second-order valence-electron chi connectivity index (χ2n) is 2.25. The molecule has 0 rings (SSSR count). The Balaban J connectivity index is 3.37. The summed E-state index contributed by atoms with van der Waals surface area (Å²) >= 11 is 0. The summed E-state index contributed by atoms with van der Waals surface area (Å²) in [5, 5.41) is 7.10. The Morgan fingerprint density at radius 3 is 2.40 bits per heavy atom. The smallest absolute Gasteiger partial charge is 0.00959 e. The van der Waals surface area contributed by atoms with Gasteiger partial charge in [-0.15, -0.1) is 0 Å². The zero-order valence-corrected chi connectivity index (χ0v) is 6.72. The van der Waals surface area contributed by atoms with E-state index in [-0.39, 0.29) is 0 Å². The molecule has 56 valence electrons. The molecular weight excluding hydrogens is 122 g/mol. The molecule has 0 aliphatic heterocycles. The Kier molecular flexibility index (Phi) is 5.74. The third-order valence-electron chi connectivity index (χ3n) is 1.04. The van der Waals surface area contributed by atoms with Gasteiger partial charge in [0.05, 0.1) is 0 Å². The van der Waals surface area contributed by atoms with Crippen LogP contribution in [0.3, 0.4) is 0 Å². The maximum Gasteiger partial charge on any atom is 0.00959 e. The minimum absolute atomic E-state index is 0.709. The summed E-state index contributed by atoms with van der Waals surface area (Å²) in [5.74, 6) is 0. The highest BCUT2D eigenvalue weighted by Gasteiger charge is 1.77. The average Bonchev–Trinajstić information content (AvgIpc) is 1.87. The van der Waals surface area contributed by atoms with Gasteiger partial charge in [0.25, 0.3) is 0 Å². The largest absolute Gasteiger partial charge is 0.310 e. The molecule has 0 spiro atoms. The second-order valence-corrected chi connectivity index (χ2v) is 2.25. The van der Waals surface area contributed by atoms with E-state index < -0.39 is 0 Å². The van der Waals surface area contributed by atoms with E-state index in [1.807, 2.05) is 25.2 Å². The molecule has 1 nitrogen and oxygen atoms in total. The summed E-state index contributed by atoms with van der Waals surface area (Å²) < 4.78 is 0. The molecule has 0 fully saturated rings. The van der Waals surface area contributed by atoms with Crippen LogP contribution in [-0.4, -0.2) is 5.71 Å². The van der Waals surface area contributed by atoms with Gasteiger partial charge in [0.1, 0.15) is 0 Å². The van der Waals surface area contributed by atoms with E-state index >= 15 is 0 Å². The first-order valence-corrected chi connectivity index (χ1v) is 3.63. The number of rotatable bonds is 4. The number of nitrogens with one attached hydrogen (secondary N) is 1. The first kappa shape index (κ1) is 9.15. The van der Waals surface area contributed by atoms with Crippen LogP contribution in [0.5, 0.6) is 0 Å². The number of hydrogen-bond acceptors (Lipinski definition) is 1. The molecule has 0 radical (unpaired) electrons. The molecule has 0 saturated carbocycles. The van der Waals surface area contributed by atoms with E-state index in [2.05, 4.69) is 13.0 Å². The van der Waals surface area contributed by atoms with Gasteiger partial charge in [-0.2, -0.15) is 0 Å². The van der Waals surface area contributed by atoms with Crippen molar-refractivity contribution in [3.63, 3.8) is 0 Å². The summed E-state index contributed by atoms with van der Waals surface area (Å²) in [6.45, 7) is 3.92. The third kappa shape index (κ3) is 7.15. The normalized spacial score (nSPS) is 11.4. The second kappa shape index (κ2) is 6.27. The summed E-state index contributed by atoms with van der Waals surface area (Å²) in [5.41, 5.74) is 0.709. The predicted molar refractivity (Wildman–Crippen MR) is 46.6 cm³/mol. The van der Waals surface area contributed by atoms with E-state index in [9.17, 15) is 0 Å². The Labute approximate surface area is 63.0 Å². The molecule has 0 aliphatic rings. The van der Waals surface area contributed by atoms with Gasteiger partial charge in [-0.1, -0.05) is 31.2 Å². The van der Waals surface area contributed by atoms with Gasteiger partial charge in [-0.05, 0) is 13.3 Å². The molecule has 0 heterocycles. The maximum absolute atomic E-state index is 7.10. The molecule has 0 aliphatic carbocycles. The van der Waals surface area contributed by atoms with Crippen LogP contribution in [-0.2, 0) is 0 Å². The summed E-state index contributed by atoms with van der Waals surface area (Å²) in [7, 11) is 0. The lowest BCUT2D eigenvalue weighted by Gasteiger charge is -1.84. The van der Waals surface area contributed by atoms with Crippen LogP contribution in [0.1, 0.15) is 26.7 Å². The highest BCUT2D eigenvalue weighted by Crippen LogP contribution is 1.87. The predicted octanol–water partition coefficient (Wildman–Crippen LogP) is 2.94. The highest BCUT2D eigenvalue weighted by atomic mass is 14.4. The lowest BCUT2D eigenvalue weighted by Crippen LogP contribution is -1.81. The van der Waals surface area contributed by atoms with E-state index in [1.54, 1.807) is 0 Å². The van der Waals surface area contributed by atoms with Gasteiger partial charge in [0.2, 0.25) is 0 Å². The number of allylic oxidation sites excluding steroid dienone is 4. The molecule has 0 atom stereocenters. The fourth-order valence-corrected chi connectivity index (χ4v) is 0.538. The van der Waals surface area contributed by atoms with E-state index in [0.29, 0.717) is 5.71 Å². The molecular formula is C9H15N. The number of hydrogen-bond donors (Lipinski definition) is 1. The van der Waals surface area contributed by atoms with Crippen molar-refractivity contribution in [2.75, 3.05) is 0 Å². The molecule has 0 aromatic carbocycles. The van der Waals surface area contributed by atoms with Crippen molar-refractivity contribution in [1.82, 2.24) is 0 Å². The summed E-state index contributed by atoms with van der Waals surface area (Å²) in [4.78, 5) is 0. The summed E-state index contributed by atoms with van der Waals surface area (Å²) in [6, 6.07) is 0. The van der Waals surface area contributed by atoms with Crippen molar-refractivity contribution in [3.8, 4) is 0 Å². The van der Waals surface area contributed by atoms with E-state index in [4.69, 9.17) is 5.41 Å². The van der Waals surface area contributed by atoms with Crippen LogP contribution in [0.4, 0.5) is 0 Å². The van der Waals surface area contributed by atoms with Crippen molar-refractivity contribution in [1.29, 1.82) is 5.41 Å². The zero-order valence-electron chi connectivity index (χ0n) is 6.72. The molecule has 0 bridgehead atoms. The SMILES string of the molecule is CC/C=C\C=C/CC(C)=N. The quantitative estimate of drug-likeness (QED) is 0.455. The Morgan fingerprint density at radius 1 is 1.30 bits per heavy atom. The lowest BCUT2D eigenvalue weighted by atomic mass is 10.3. The minimum atomic E-state index is 0.709. The van der Waals surface area contributed by atoms with Crippen LogP contribution in [0.25, 0.3) is 0 Å². The first-order chi connectivity index (χ1) is 4.77. The third-order valence-corrected chi connectivity index (χ3v) is 1.04. The molecule has 0 aromatic rings. The maximum atomic E-state index is 7.10. The van der Waals surface area contributed by atoms with Crippen molar-refractivity contribution >= 4 is 5.71 Å². The Bertz CT molecular complexity index is 143. The monoisotopic (exact) mass is 137 g/mol. The summed E-state index contributed by atoms with van der Waals surface area (Å²) in [6.07, 6.45) is 9.94. The molecule has 1 heteroatoms. The average molecular weight is 137 g/mol. The molecule has 0 aromatic heterocycles. The van der Waals surface area contributed by atoms with Crippen LogP contribution >= 0.6 is 0 Å². The van der Waals surface area contributed by atoms with Gasteiger partial charge in [-0.25, -0.2) is 0 Å². The Morgan fingerprint density at radius 2 is 1.90 bits per heavy atom. The molecule has 1 N–H and O–H groups in total. The molecule has 0 amide bonds. The van der Waals surface area contributed by atoms with Crippen molar-refractivity contribution in [2.45, 2.75) is 26.7 Å². The van der Waals surface area contributed by atoms with Crippen LogP contribution in [0.15, 0.2) is 24.3 Å². The molecule has 0 saturated heterocycles. The van der Waals surface area contributed by atoms with Gasteiger partial charge in [0, 0.05) is 12.1 Å². The zero-order chi connectivity index (χ0) is 7.82. The van der Waals surface area contributed by atoms with Gasteiger partial charge in [-0.3, -0.25) is 0 Å². The van der Waals surface area contributed by atoms with E-state index in [1.165, 1.54) is 0 Å². The first-order valence-electron chi connectivity index (χ1n) is 3.63. The highest BCUT2D eigenvalue weighted by molar-refractivity contribution is 5.79.